The van der Waals surface area contributed by atoms with Crippen molar-refractivity contribution in [1.29, 1.82) is 0 Å². The number of methoxy groups -OCH3 is 1. The number of ether oxygens (including phenoxy) is 2. The third-order valence-electron chi connectivity index (χ3n) is 5.46. The zero-order chi connectivity index (χ0) is 23.3. The lowest BCUT2D eigenvalue weighted by Gasteiger charge is -2.16. The summed E-state index contributed by atoms with van der Waals surface area (Å²) >= 11 is 0. The lowest BCUT2D eigenvalue weighted by atomic mass is 10.1. The van der Waals surface area contributed by atoms with Crippen LogP contribution in [0.25, 0.3) is 0 Å². The van der Waals surface area contributed by atoms with E-state index in [1.54, 1.807) is 36.4 Å². The molecule has 0 atom stereocenters. The summed E-state index contributed by atoms with van der Waals surface area (Å²) in [7, 11) is -2.05. The van der Waals surface area contributed by atoms with E-state index in [2.05, 4.69) is 5.32 Å². The number of rotatable bonds is 8. The largest absolute Gasteiger partial charge is 0.493 e. The number of carbonyl (C=O) groups excluding carboxylic acids is 1. The van der Waals surface area contributed by atoms with Crippen LogP contribution >= 0.6 is 0 Å². The first-order valence-corrected chi connectivity index (χ1v) is 12.2. The number of hydrogen-bond acceptors (Lipinski definition) is 5. The van der Waals surface area contributed by atoms with Crippen molar-refractivity contribution in [2.24, 2.45) is 0 Å². The predicted octanol–water partition coefficient (Wildman–Crippen LogP) is 4.31. The molecule has 8 heteroatoms. The molecule has 33 heavy (non-hydrogen) atoms. The number of carbonyl (C=O) groups is 1. The first-order valence-electron chi connectivity index (χ1n) is 10.7. The van der Waals surface area contributed by atoms with E-state index in [4.69, 9.17) is 9.47 Å². The summed E-state index contributed by atoms with van der Waals surface area (Å²) in [5.41, 5.74) is 1.79. The van der Waals surface area contributed by atoms with E-state index in [-0.39, 0.29) is 10.8 Å². The number of nitrogens with zero attached hydrogens (tertiary/aromatic N) is 1. The van der Waals surface area contributed by atoms with Crippen molar-refractivity contribution in [1.82, 2.24) is 4.31 Å². The average molecular weight is 467 g/mol. The summed E-state index contributed by atoms with van der Waals surface area (Å²) in [5, 5.41) is 2.77. The van der Waals surface area contributed by atoms with Crippen LogP contribution in [0.1, 0.15) is 28.8 Å². The molecule has 0 spiro atoms. The molecule has 1 amide bonds. The number of amides is 1. The van der Waals surface area contributed by atoms with E-state index in [9.17, 15) is 13.2 Å². The Bertz CT molecular complexity index is 1220. The van der Waals surface area contributed by atoms with E-state index < -0.39 is 10.0 Å². The SMILES string of the molecule is COc1cc(C(=O)Nc2cccc(S(=O)(=O)N3CCCC3)c2)ccc1OCc1ccccc1. The molecule has 1 N–H and O–H groups in total. The summed E-state index contributed by atoms with van der Waals surface area (Å²) in [4.78, 5) is 13.0. The number of nitrogens with one attached hydrogen (secondary N) is 1. The highest BCUT2D eigenvalue weighted by Crippen LogP contribution is 2.29. The van der Waals surface area contributed by atoms with Crippen LogP contribution in [0.3, 0.4) is 0 Å². The van der Waals surface area contributed by atoms with E-state index in [1.807, 2.05) is 30.3 Å². The van der Waals surface area contributed by atoms with Crippen molar-refractivity contribution in [3.63, 3.8) is 0 Å². The minimum absolute atomic E-state index is 0.171. The predicted molar refractivity (Wildman–Crippen MR) is 126 cm³/mol. The van der Waals surface area contributed by atoms with Gasteiger partial charge in [0.2, 0.25) is 10.0 Å². The highest BCUT2D eigenvalue weighted by Gasteiger charge is 2.27. The Hall–Kier alpha value is -3.36. The lowest BCUT2D eigenvalue weighted by molar-refractivity contribution is 0.102. The molecule has 1 fully saturated rings. The minimum atomic E-state index is -3.56. The number of anilines is 1. The van der Waals surface area contributed by atoms with Crippen LogP contribution in [0, 0.1) is 0 Å². The zero-order valence-electron chi connectivity index (χ0n) is 18.4. The van der Waals surface area contributed by atoms with Gasteiger partial charge in [-0.1, -0.05) is 36.4 Å². The molecule has 7 nitrogen and oxygen atoms in total. The fourth-order valence-electron chi connectivity index (χ4n) is 3.68. The fourth-order valence-corrected chi connectivity index (χ4v) is 5.24. The molecular formula is C25H26N2O5S. The van der Waals surface area contributed by atoms with Crippen LogP contribution in [0.5, 0.6) is 11.5 Å². The summed E-state index contributed by atoms with van der Waals surface area (Å²) in [6.45, 7) is 1.43. The molecule has 3 aromatic carbocycles. The Labute approximate surface area is 194 Å². The van der Waals surface area contributed by atoms with Gasteiger partial charge in [-0.15, -0.1) is 0 Å². The summed E-state index contributed by atoms with van der Waals surface area (Å²) in [5.74, 6) is 0.583. The Morgan fingerprint density at radius 1 is 0.939 bits per heavy atom. The van der Waals surface area contributed by atoms with E-state index in [1.165, 1.54) is 17.5 Å². The molecule has 4 rings (SSSR count). The molecule has 0 aromatic heterocycles. The van der Waals surface area contributed by atoms with Crippen molar-refractivity contribution < 1.29 is 22.7 Å². The van der Waals surface area contributed by atoms with Crippen molar-refractivity contribution >= 4 is 21.6 Å². The monoisotopic (exact) mass is 466 g/mol. The minimum Gasteiger partial charge on any atom is -0.493 e. The maximum atomic E-state index is 12.8. The van der Waals surface area contributed by atoms with Gasteiger partial charge in [-0.05, 0) is 54.8 Å². The lowest BCUT2D eigenvalue weighted by Crippen LogP contribution is -2.27. The smallest absolute Gasteiger partial charge is 0.255 e. The van der Waals surface area contributed by atoms with Crippen LogP contribution in [0.15, 0.2) is 77.7 Å². The normalized spacial score (nSPS) is 14.1. The third-order valence-corrected chi connectivity index (χ3v) is 7.35. The van der Waals surface area contributed by atoms with Crippen molar-refractivity contribution in [2.75, 3.05) is 25.5 Å². The van der Waals surface area contributed by atoms with E-state index >= 15 is 0 Å². The third kappa shape index (κ3) is 5.35. The highest BCUT2D eigenvalue weighted by molar-refractivity contribution is 7.89. The van der Waals surface area contributed by atoms with Gasteiger partial charge in [-0.25, -0.2) is 8.42 Å². The maximum Gasteiger partial charge on any atom is 0.255 e. The molecule has 1 aliphatic rings. The summed E-state index contributed by atoms with van der Waals surface area (Å²) in [6, 6.07) is 21.0. The molecule has 0 saturated carbocycles. The van der Waals surface area contributed by atoms with Gasteiger partial charge in [0, 0.05) is 24.3 Å². The summed E-state index contributed by atoms with van der Waals surface area (Å²) < 4.78 is 38.3. The van der Waals surface area contributed by atoms with Gasteiger partial charge in [0.05, 0.1) is 12.0 Å². The van der Waals surface area contributed by atoms with E-state index in [0.29, 0.717) is 42.4 Å². The fraction of sp³-hybridized carbons (Fsp3) is 0.240. The van der Waals surface area contributed by atoms with Crippen LogP contribution in [0.2, 0.25) is 0 Å². The highest BCUT2D eigenvalue weighted by atomic mass is 32.2. The molecule has 1 heterocycles. The summed E-state index contributed by atoms with van der Waals surface area (Å²) in [6.07, 6.45) is 1.73. The van der Waals surface area contributed by atoms with Gasteiger partial charge in [-0.3, -0.25) is 4.79 Å². The van der Waals surface area contributed by atoms with Gasteiger partial charge in [0.15, 0.2) is 11.5 Å². The van der Waals surface area contributed by atoms with Gasteiger partial charge >= 0.3 is 0 Å². The molecule has 0 unspecified atom stereocenters. The number of benzene rings is 3. The standard InChI is InChI=1S/C25H26N2O5S/c1-31-24-16-20(12-13-23(24)32-18-19-8-3-2-4-9-19)25(28)26-21-10-7-11-22(17-21)33(29,30)27-14-5-6-15-27/h2-4,7-13,16-17H,5-6,14-15,18H2,1H3,(H,26,28). The molecule has 3 aromatic rings. The molecule has 0 radical (unpaired) electrons. The number of sulfonamides is 1. The first-order chi connectivity index (χ1) is 16.0. The molecule has 1 saturated heterocycles. The first kappa shape index (κ1) is 22.8. The van der Waals surface area contributed by atoms with Gasteiger partial charge in [0.1, 0.15) is 6.61 Å². The Morgan fingerprint density at radius 2 is 1.70 bits per heavy atom. The molecule has 0 aliphatic carbocycles. The Kier molecular flexibility index (Phi) is 6.96. The molecule has 0 bridgehead atoms. The van der Waals surface area contributed by atoms with Crippen molar-refractivity contribution in [3.8, 4) is 11.5 Å². The Balaban J connectivity index is 1.47. The second-order valence-corrected chi connectivity index (χ2v) is 9.67. The van der Waals surface area contributed by atoms with Crippen molar-refractivity contribution in [2.45, 2.75) is 24.3 Å². The van der Waals surface area contributed by atoms with Crippen LogP contribution in [-0.4, -0.2) is 38.8 Å². The maximum absolute atomic E-state index is 12.8. The molecular weight excluding hydrogens is 440 g/mol. The second-order valence-electron chi connectivity index (χ2n) is 7.73. The topological polar surface area (TPSA) is 84.9 Å². The van der Waals surface area contributed by atoms with Crippen LogP contribution in [0.4, 0.5) is 5.69 Å². The molecule has 172 valence electrons. The van der Waals surface area contributed by atoms with Crippen LogP contribution < -0.4 is 14.8 Å². The number of hydrogen-bond donors (Lipinski definition) is 1. The average Bonchev–Trinajstić information content (AvgIpc) is 3.39. The van der Waals surface area contributed by atoms with Gasteiger partial charge in [0.25, 0.3) is 5.91 Å². The van der Waals surface area contributed by atoms with Gasteiger partial charge in [-0.2, -0.15) is 4.31 Å². The van der Waals surface area contributed by atoms with Gasteiger partial charge < -0.3 is 14.8 Å². The second kappa shape index (κ2) is 10.1. The van der Waals surface area contributed by atoms with Crippen LogP contribution in [-0.2, 0) is 16.6 Å². The molecule has 1 aliphatic heterocycles. The van der Waals surface area contributed by atoms with E-state index in [0.717, 1.165) is 18.4 Å². The Morgan fingerprint density at radius 3 is 2.42 bits per heavy atom. The quantitative estimate of drug-likeness (QED) is 0.535. The van der Waals surface area contributed by atoms with Crippen molar-refractivity contribution in [3.05, 3.63) is 83.9 Å². The zero-order valence-corrected chi connectivity index (χ0v) is 19.2.